The molecule has 0 aliphatic rings. The van der Waals surface area contributed by atoms with Crippen molar-refractivity contribution in [1.29, 1.82) is 0 Å². The van der Waals surface area contributed by atoms with Crippen molar-refractivity contribution >= 4 is 76.8 Å². The van der Waals surface area contributed by atoms with Gasteiger partial charge in [0.25, 0.3) is 4.76 Å². The fraction of sp³-hybridized carbons (Fsp3) is 1.00. The zero-order valence-corrected chi connectivity index (χ0v) is 6.83. The van der Waals surface area contributed by atoms with Crippen molar-refractivity contribution < 1.29 is 13.7 Å². The number of hydrogen-bond acceptors (Lipinski definition) is 5. The van der Waals surface area contributed by atoms with Crippen molar-refractivity contribution in [3.63, 3.8) is 0 Å². The fourth-order valence-corrected chi connectivity index (χ4v) is 0.687. The molecule has 9 heteroatoms. The minimum atomic E-state index is -1.56. The molecular weight excluding hydrogens is 220 g/mol. The van der Waals surface area contributed by atoms with Crippen molar-refractivity contribution in [2.75, 3.05) is 0 Å². The molecule has 0 aromatic rings. The number of nitrogens with one attached hydrogen (secondary N) is 1. The average Bonchev–Trinajstić information content (AvgIpc) is 1.95. The monoisotopic (exact) mass is 224 g/mol. The molecule has 0 rings (SSSR count). The van der Waals surface area contributed by atoms with Gasteiger partial charge in [0.15, 0.2) is 0 Å². The van der Waals surface area contributed by atoms with E-state index in [9.17, 15) is 13.7 Å². The molecule has 0 atom stereocenters. The molecule has 0 aromatic heterocycles. The summed E-state index contributed by atoms with van der Waals surface area (Å²) in [6.07, 6.45) is 0. The van der Waals surface area contributed by atoms with Gasteiger partial charge in [0.1, 0.15) is 0 Å². The van der Waals surface area contributed by atoms with Crippen LogP contribution in [0.5, 0.6) is 0 Å². The SMILES string of the molecule is NNC(P=O)(P=O)P=O.[KH]. The van der Waals surface area contributed by atoms with Crippen molar-refractivity contribution in [2.24, 2.45) is 5.84 Å². The van der Waals surface area contributed by atoms with Crippen LogP contribution in [0.2, 0.25) is 0 Å². The maximum atomic E-state index is 10.1. The van der Waals surface area contributed by atoms with Crippen LogP contribution in [-0.4, -0.2) is 56.1 Å². The normalized spacial score (nSPS) is 16.5. The van der Waals surface area contributed by atoms with Crippen LogP contribution in [0.25, 0.3) is 0 Å². The Morgan fingerprint density at radius 1 is 1.10 bits per heavy atom. The van der Waals surface area contributed by atoms with Gasteiger partial charge in [-0.15, -0.1) is 0 Å². The summed E-state index contributed by atoms with van der Waals surface area (Å²) < 4.78 is 28.6. The molecule has 0 aromatic carbocycles. The predicted octanol–water partition coefficient (Wildman–Crippen LogP) is 0.288. The molecule has 0 aliphatic heterocycles. The molecule has 0 bridgehead atoms. The standard InChI is InChI=1S/CH3N2O3P3.K.H/c2-3-1(7-4,8-5)9-6;;/h3H,2H2;;. The van der Waals surface area contributed by atoms with E-state index < -0.39 is 30.1 Å². The first-order chi connectivity index (χ1) is 4.24. The molecule has 5 nitrogen and oxygen atoms in total. The van der Waals surface area contributed by atoms with Gasteiger partial charge >= 0.3 is 51.4 Å². The number of nitrogens with two attached hydrogens (primary N) is 1. The topological polar surface area (TPSA) is 89.3 Å². The first kappa shape index (κ1) is 14.4. The number of rotatable bonds is 4. The summed E-state index contributed by atoms with van der Waals surface area (Å²) >= 11 is 0. The molecule has 0 radical (unpaired) electrons. The van der Waals surface area contributed by atoms with Gasteiger partial charge in [0.05, 0.1) is 0 Å². The van der Waals surface area contributed by atoms with Gasteiger partial charge in [-0.05, 0) is 0 Å². The molecule has 0 unspecified atom stereocenters. The Kier molecular flexibility index (Phi) is 10.8. The van der Waals surface area contributed by atoms with Gasteiger partial charge in [-0.1, -0.05) is 0 Å². The van der Waals surface area contributed by atoms with E-state index in [-0.39, 0.29) is 51.4 Å². The predicted molar refractivity (Wildman–Crippen MR) is 40.0 cm³/mol. The van der Waals surface area contributed by atoms with Crippen LogP contribution in [0.3, 0.4) is 0 Å². The van der Waals surface area contributed by atoms with E-state index in [0.29, 0.717) is 0 Å². The van der Waals surface area contributed by atoms with E-state index in [0.717, 1.165) is 0 Å². The Hall–Kier alpha value is 1.86. The summed E-state index contributed by atoms with van der Waals surface area (Å²) in [5.74, 6) is 4.77. The van der Waals surface area contributed by atoms with Gasteiger partial charge in [0, 0.05) is 0 Å². The van der Waals surface area contributed by atoms with Crippen LogP contribution < -0.4 is 11.3 Å². The molecule has 0 aliphatic carbocycles. The summed E-state index contributed by atoms with van der Waals surface area (Å²) in [6, 6.07) is 0. The first-order valence-electron chi connectivity index (χ1n) is 1.76. The molecule has 0 spiro atoms. The third-order valence-electron chi connectivity index (χ3n) is 0.576. The van der Waals surface area contributed by atoms with Crippen molar-refractivity contribution in [1.82, 2.24) is 5.43 Å². The second kappa shape index (κ2) is 7.50. The van der Waals surface area contributed by atoms with E-state index in [1.54, 1.807) is 0 Å². The summed E-state index contributed by atoms with van der Waals surface area (Å²) in [6.45, 7) is 0. The summed E-state index contributed by atoms with van der Waals surface area (Å²) in [5, 5.41) is 0. The van der Waals surface area contributed by atoms with Gasteiger partial charge in [-0.3, -0.25) is 19.5 Å². The van der Waals surface area contributed by atoms with Crippen LogP contribution in [0, 0.1) is 0 Å². The molecule has 0 saturated carbocycles. The molecule has 3 N–H and O–H groups in total. The fourth-order valence-electron chi connectivity index (χ4n) is 0.129. The van der Waals surface area contributed by atoms with Crippen molar-refractivity contribution in [2.45, 2.75) is 4.76 Å². The second-order valence-corrected chi connectivity index (χ2v) is 4.67. The van der Waals surface area contributed by atoms with Crippen LogP contribution in [0.1, 0.15) is 0 Å². The molecule has 0 fully saturated rings. The van der Waals surface area contributed by atoms with Crippen molar-refractivity contribution in [3.05, 3.63) is 0 Å². The second-order valence-electron chi connectivity index (χ2n) is 1.05. The maximum absolute atomic E-state index is 10.1. The third-order valence-corrected chi connectivity index (χ3v) is 3.20. The van der Waals surface area contributed by atoms with E-state index in [2.05, 4.69) is 0 Å². The average molecular weight is 224 g/mol. The quantitative estimate of drug-likeness (QED) is 0.310. The van der Waals surface area contributed by atoms with E-state index in [4.69, 9.17) is 5.84 Å². The summed E-state index contributed by atoms with van der Waals surface area (Å²) in [4.78, 5) is 0. The molecular formula is CH4KN2O3P3. The van der Waals surface area contributed by atoms with Crippen LogP contribution >= 0.6 is 25.4 Å². The van der Waals surface area contributed by atoms with Gasteiger partial charge < -0.3 is 0 Å². The van der Waals surface area contributed by atoms with E-state index >= 15 is 0 Å². The summed E-state index contributed by atoms with van der Waals surface area (Å²) in [7, 11) is -1.70. The zero-order chi connectivity index (χ0) is 7.33. The minimum absolute atomic E-state index is 0. The zero-order valence-electron chi connectivity index (χ0n) is 4.14. The summed E-state index contributed by atoms with van der Waals surface area (Å²) in [5.41, 5.74) is 1.89. The molecule has 10 heavy (non-hydrogen) atoms. The Morgan fingerprint density at radius 2 is 1.40 bits per heavy atom. The van der Waals surface area contributed by atoms with Gasteiger partial charge in [-0.2, -0.15) is 0 Å². The Balaban J connectivity index is 0. The van der Waals surface area contributed by atoms with E-state index in [1.165, 1.54) is 0 Å². The number of hydrogen-bond donors (Lipinski definition) is 2. The Labute approximate surface area is 105 Å². The van der Waals surface area contributed by atoms with Gasteiger partial charge in [-0.25, -0.2) is 5.43 Å². The van der Waals surface area contributed by atoms with Crippen LogP contribution in [0.4, 0.5) is 0 Å². The Bertz CT molecular complexity index is 120. The molecule has 52 valence electrons. The van der Waals surface area contributed by atoms with Crippen LogP contribution in [0.15, 0.2) is 0 Å². The van der Waals surface area contributed by atoms with E-state index in [1.807, 2.05) is 5.43 Å². The first-order valence-corrected chi connectivity index (χ1v) is 4.19. The van der Waals surface area contributed by atoms with Crippen molar-refractivity contribution in [3.8, 4) is 0 Å². The molecule has 0 saturated heterocycles. The Morgan fingerprint density at radius 3 is 1.40 bits per heavy atom. The van der Waals surface area contributed by atoms with Gasteiger partial charge in [0.2, 0.25) is 25.4 Å². The molecule has 0 amide bonds. The number of hydrazine groups is 1. The molecule has 0 heterocycles. The third kappa shape index (κ3) is 4.03. The van der Waals surface area contributed by atoms with Crippen LogP contribution in [-0.2, 0) is 13.7 Å².